The lowest BCUT2D eigenvalue weighted by Gasteiger charge is -2.13. The fourth-order valence-corrected chi connectivity index (χ4v) is 2.28. The number of carbonyl (C=O) groups excluding carboxylic acids is 1. The van der Waals surface area contributed by atoms with Gasteiger partial charge >= 0.3 is 6.61 Å². The lowest BCUT2D eigenvalue weighted by atomic mass is 10.1. The summed E-state index contributed by atoms with van der Waals surface area (Å²) < 4.78 is 28.9. The van der Waals surface area contributed by atoms with Crippen molar-refractivity contribution in [2.24, 2.45) is 0 Å². The molecule has 0 saturated carbocycles. The van der Waals surface area contributed by atoms with Crippen LogP contribution >= 0.6 is 0 Å². The van der Waals surface area contributed by atoms with Crippen LogP contribution in [0.2, 0.25) is 0 Å². The van der Waals surface area contributed by atoms with Crippen LogP contribution in [0.15, 0.2) is 24.3 Å². The first-order valence-electron chi connectivity index (χ1n) is 6.68. The summed E-state index contributed by atoms with van der Waals surface area (Å²) in [7, 11) is 0. The molecule has 1 atom stereocenters. The predicted octanol–water partition coefficient (Wildman–Crippen LogP) is 2.05. The van der Waals surface area contributed by atoms with E-state index in [0.29, 0.717) is 12.0 Å². The number of para-hydroxylation sites is 1. The molecule has 0 aromatic heterocycles. The van der Waals surface area contributed by atoms with Crippen LogP contribution in [-0.2, 0) is 11.3 Å². The smallest absolute Gasteiger partial charge is 0.387 e. The third-order valence-electron chi connectivity index (χ3n) is 3.26. The number of rotatable bonds is 6. The zero-order chi connectivity index (χ0) is 14.4. The van der Waals surface area contributed by atoms with Crippen molar-refractivity contribution in [1.82, 2.24) is 10.6 Å². The Balaban J connectivity index is 1.84. The lowest BCUT2D eigenvalue weighted by Crippen LogP contribution is -2.31. The molecule has 1 aliphatic heterocycles. The Labute approximate surface area is 116 Å². The normalized spacial score (nSPS) is 18.2. The van der Waals surface area contributed by atoms with E-state index in [1.165, 1.54) is 6.07 Å². The molecule has 1 fully saturated rings. The van der Waals surface area contributed by atoms with Crippen molar-refractivity contribution in [1.29, 1.82) is 0 Å². The fourth-order valence-electron chi connectivity index (χ4n) is 2.28. The Morgan fingerprint density at radius 3 is 2.95 bits per heavy atom. The summed E-state index contributed by atoms with van der Waals surface area (Å²) in [5.74, 6) is 0.0121. The fraction of sp³-hybridized carbons (Fsp3) is 0.500. The molecule has 20 heavy (non-hydrogen) atoms. The molecule has 2 N–H and O–H groups in total. The maximum Gasteiger partial charge on any atom is 0.387 e. The first-order chi connectivity index (χ1) is 9.65. The molecule has 1 amide bonds. The number of ether oxygens (including phenoxy) is 1. The van der Waals surface area contributed by atoms with Crippen molar-refractivity contribution in [3.05, 3.63) is 29.8 Å². The number of hydrogen-bond acceptors (Lipinski definition) is 3. The highest BCUT2D eigenvalue weighted by molar-refractivity contribution is 5.76. The molecular weight excluding hydrogens is 266 g/mol. The van der Waals surface area contributed by atoms with Crippen LogP contribution in [0.25, 0.3) is 0 Å². The summed E-state index contributed by atoms with van der Waals surface area (Å²) in [4.78, 5) is 11.8. The molecule has 110 valence electrons. The highest BCUT2D eigenvalue weighted by atomic mass is 19.3. The topological polar surface area (TPSA) is 50.4 Å². The van der Waals surface area contributed by atoms with Crippen LogP contribution in [-0.4, -0.2) is 25.1 Å². The highest BCUT2D eigenvalue weighted by Gasteiger charge is 2.17. The number of halogens is 2. The molecule has 0 bridgehead atoms. The van der Waals surface area contributed by atoms with Gasteiger partial charge in [0.05, 0.1) is 0 Å². The standard InChI is InChI=1S/C14H18F2N2O2/c15-14(16)20-12-6-2-1-4-10(12)9-18-13(19)8-11-5-3-7-17-11/h1-2,4,6,11,14,17H,3,5,7-9H2,(H,18,19). The van der Waals surface area contributed by atoms with E-state index in [-0.39, 0.29) is 24.2 Å². The van der Waals surface area contributed by atoms with Gasteiger partial charge in [0.25, 0.3) is 0 Å². The van der Waals surface area contributed by atoms with Gasteiger partial charge in [-0.3, -0.25) is 4.79 Å². The Bertz CT molecular complexity index is 449. The molecule has 1 aliphatic rings. The van der Waals surface area contributed by atoms with E-state index in [2.05, 4.69) is 15.4 Å². The predicted molar refractivity (Wildman–Crippen MR) is 70.6 cm³/mol. The average molecular weight is 284 g/mol. The third kappa shape index (κ3) is 4.45. The van der Waals surface area contributed by atoms with Gasteiger partial charge in [0.2, 0.25) is 5.91 Å². The van der Waals surface area contributed by atoms with E-state index in [9.17, 15) is 13.6 Å². The molecule has 0 radical (unpaired) electrons. The molecule has 1 aromatic carbocycles. The van der Waals surface area contributed by atoms with Crippen LogP contribution in [0.5, 0.6) is 5.75 Å². The minimum atomic E-state index is -2.87. The molecule has 1 aromatic rings. The Morgan fingerprint density at radius 1 is 1.45 bits per heavy atom. The molecule has 1 unspecified atom stereocenters. The summed E-state index contributed by atoms with van der Waals surface area (Å²) in [5.41, 5.74) is 0.542. The van der Waals surface area contributed by atoms with Crippen LogP contribution in [0, 0.1) is 0 Å². The monoisotopic (exact) mass is 284 g/mol. The molecular formula is C14H18F2N2O2. The van der Waals surface area contributed by atoms with Crippen molar-refractivity contribution < 1.29 is 18.3 Å². The quantitative estimate of drug-likeness (QED) is 0.840. The molecule has 0 spiro atoms. The van der Waals surface area contributed by atoms with Gasteiger partial charge in [0.15, 0.2) is 0 Å². The summed E-state index contributed by atoms with van der Waals surface area (Å²) >= 11 is 0. The van der Waals surface area contributed by atoms with Crippen LogP contribution in [0.3, 0.4) is 0 Å². The number of amides is 1. The summed E-state index contributed by atoms with van der Waals surface area (Å²) in [6, 6.07) is 6.68. The van der Waals surface area contributed by atoms with Crippen molar-refractivity contribution in [2.75, 3.05) is 6.54 Å². The van der Waals surface area contributed by atoms with E-state index < -0.39 is 6.61 Å². The first-order valence-corrected chi connectivity index (χ1v) is 6.68. The molecule has 4 nitrogen and oxygen atoms in total. The maximum absolute atomic E-state index is 12.3. The van der Waals surface area contributed by atoms with Crippen molar-refractivity contribution in [3.8, 4) is 5.75 Å². The Kier molecular flexibility index (Phi) is 5.29. The average Bonchev–Trinajstić information content (AvgIpc) is 2.90. The SMILES string of the molecule is O=C(CC1CCCN1)NCc1ccccc1OC(F)F. The molecule has 2 rings (SSSR count). The van der Waals surface area contributed by atoms with Crippen LogP contribution in [0.4, 0.5) is 8.78 Å². The molecule has 0 aliphatic carbocycles. The third-order valence-corrected chi connectivity index (χ3v) is 3.26. The summed E-state index contributed by atoms with van der Waals surface area (Å²) in [5, 5.41) is 5.97. The minimum absolute atomic E-state index is 0.0868. The minimum Gasteiger partial charge on any atom is -0.434 e. The molecule has 1 saturated heterocycles. The lowest BCUT2D eigenvalue weighted by molar-refractivity contribution is -0.121. The second kappa shape index (κ2) is 7.19. The summed E-state index contributed by atoms with van der Waals surface area (Å²) in [6.07, 6.45) is 2.50. The van der Waals surface area contributed by atoms with Crippen molar-refractivity contribution in [3.63, 3.8) is 0 Å². The van der Waals surface area contributed by atoms with Gasteiger partial charge < -0.3 is 15.4 Å². The summed E-state index contributed by atoms with van der Waals surface area (Å²) in [6.45, 7) is -1.73. The van der Waals surface area contributed by atoms with E-state index in [0.717, 1.165) is 19.4 Å². The van der Waals surface area contributed by atoms with Gasteiger partial charge in [-0.15, -0.1) is 0 Å². The molecule has 6 heteroatoms. The zero-order valence-corrected chi connectivity index (χ0v) is 11.1. The van der Waals surface area contributed by atoms with Crippen LogP contribution < -0.4 is 15.4 Å². The van der Waals surface area contributed by atoms with E-state index in [1.54, 1.807) is 18.2 Å². The van der Waals surface area contributed by atoms with Gasteiger partial charge in [-0.1, -0.05) is 18.2 Å². The number of carbonyl (C=O) groups is 1. The largest absolute Gasteiger partial charge is 0.434 e. The van der Waals surface area contributed by atoms with Crippen molar-refractivity contribution >= 4 is 5.91 Å². The van der Waals surface area contributed by atoms with Gasteiger partial charge in [-0.05, 0) is 25.5 Å². The van der Waals surface area contributed by atoms with Gasteiger partial charge in [0.1, 0.15) is 5.75 Å². The van der Waals surface area contributed by atoms with E-state index in [1.807, 2.05) is 0 Å². The number of nitrogens with one attached hydrogen (secondary N) is 2. The Morgan fingerprint density at radius 2 is 2.25 bits per heavy atom. The maximum atomic E-state index is 12.3. The molecule has 1 heterocycles. The number of benzene rings is 1. The Hall–Kier alpha value is -1.69. The van der Waals surface area contributed by atoms with Gasteiger partial charge in [0, 0.05) is 24.6 Å². The zero-order valence-electron chi connectivity index (χ0n) is 11.1. The van der Waals surface area contributed by atoms with E-state index in [4.69, 9.17) is 0 Å². The second-order valence-corrected chi connectivity index (χ2v) is 4.76. The first kappa shape index (κ1) is 14.7. The number of alkyl halides is 2. The van der Waals surface area contributed by atoms with Gasteiger partial charge in [-0.2, -0.15) is 8.78 Å². The second-order valence-electron chi connectivity index (χ2n) is 4.76. The number of hydrogen-bond donors (Lipinski definition) is 2. The highest BCUT2D eigenvalue weighted by Crippen LogP contribution is 2.20. The van der Waals surface area contributed by atoms with Crippen molar-refractivity contribution in [2.45, 2.75) is 38.5 Å². The van der Waals surface area contributed by atoms with E-state index >= 15 is 0 Å². The van der Waals surface area contributed by atoms with Gasteiger partial charge in [-0.25, -0.2) is 0 Å². The van der Waals surface area contributed by atoms with Crippen LogP contribution in [0.1, 0.15) is 24.8 Å².